The summed E-state index contributed by atoms with van der Waals surface area (Å²) in [6.45, 7) is 4.35. The summed E-state index contributed by atoms with van der Waals surface area (Å²) in [7, 11) is 0. The van der Waals surface area contributed by atoms with Crippen LogP contribution in [0.25, 0.3) is 0 Å². The molecule has 0 bridgehead atoms. The summed E-state index contributed by atoms with van der Waals surface area (Å²) in [6, 6.07) is 0. The van der Waals surface area contributed by atoms with Crippen LogP contribution in [0.2, 0.25) is 0 Å². The van der Waals surface area contributed by atoms with Gasteiger partial charge < -0.3 is 14.2 Å². The van der Waals surface area contributed by atoms with Gasteiger partial charge in [-0.3, -0.25) is 22.9 Å². The molecule has 0 radical (unpaired) electrons. The molecule has 92 valence electrons. The molecule has 0 saturated heterocycles. The fraction of sp³-hybridized carbons (Fsp3) is 1.00. The van der Waals surface area contributed by atoms with Crippen LogP contribution in [-0.2, 0) is 14.2 Å². The van der Waals surface area contributed by atoms with Crippen molar-refractivity contribution >= 4 is 0 Å². The van der Waals surface area contributed by atoms with Gasteiger partial charge in [0.05, 0.1) is 0 Å². The summed E-state index contributed by atoms with van der Waals surface area (Å²) in [6.07, 6.45) is 0. The van der Waals surface area contributed by atoms with E-state index in [1.54, 1.807) is 13.8 Å². The van der Waals surface area contributed by atoms with E-state index in [2.05, 4.69) is 0 Å². The van der Waals surface area contributed by atoms with Crippen LogP contribution < -0.4 is 22.9 Å². The quantitative estimate of drug-likeness (QED) is 0.357. The minimum absolute atomic E-state index is 0.00986. The Hall–Kier alpha value is -0.280. The summed E-state index contributed by atoms with van der Waals surface area (Å²) in [4.78, 5) is 0. The first kappa shape index (κ1) is 14.7. The van der Waals surface area contributed by atoms with Crippen molar-refractivity contribution in [1.29, 1.82) is 0 Å². The van der Waals surface area contributed by atoms with Gasteiger partial charge in [0.2, 0.25) is 0 Å². The summed E-state index contributed by atoms with van der Waals surface area (Å²) in [5.41, 5.74) is 22.2. The molecule has 0 rings (SSSR count). The first-order chi connectivity index (χ1) is 6.83. The number of nitrogens with two attached hydrogens (primary N) is 4. The molecule has 0 fully saturated rings. The highest BCUT2D eigenvalue weighted by atomic mass is 16.6. The zero-order valence-electron chi connectivity index (χ0n) is 9.36. The molecule has 8 N–H and O–H groups in total. The predicted octanol–water partition coefficient (Wildman–Crippen LogP) is -1.78. The van der Waals surface area contributed by atoms with Crippen molar-refractivity contribution in [3.8, 4) is 0 Å². The Bertz CT molecular complexity index is 157. The van der Waals surface area contributed by atoms with Gasteiger partial charge in [0, 0.05) is 13.2 Å². The van der Waals surface area contributed by atoms with Crippen molar-refractivity contribution in [3.63, 3.8) is 0 Å². The fourth-order valence-electron chi connectivity index (χ4n) is 0.991. The molecule has 0 aromatic carbocycles. The maximum absolute atomic E-state index is 5.54. The Balaban J connectivity index is 3.77. The van der Waals surface area contributed by atoms with Gasteiger partial charge in [0.25, 0.3) is 0 Å². The predicted molar refractivity (Wildman–Crippen MR) is 56.3 cm³/mol. The lowest BCUT2D eigenvalue weighted by atomic mass is 10.4. The second-order valence-electron chi connectivity index (χ2n) is 3.27. The van der Waals surface area contributed by atoms with Crippen LogP contribution in [0.5, 0.6) is 0 Å². The lowest BCUT2D eigenvalue weighted by Crippen LogP contribution is -2.59. The van der Waals surface area contributed by atoms with Gasteiger partial charge in [0.15, 0.2) is 11.7 Å². The molecular formula is C8H22N4O3. The number of hydrogen-bond acceptors (Lipinski definition) is 7. The Kier molecular flexibility index (Phi) is 6.22. The smallest absolute Gasteiger partial charge is 0.193 e. The second-order valence-corrected chi connectivity index (χ2v) is 3.27. The van der Waals surface area contributed by atoms with E-state index in [1.807, 2.05) is 0 Å². The zero-order valence-corrected chi connectivity index (χ0v) is 9.36. The minimum Gasteiger partial charge on any atom is -0.370 e. The third-order valence-electron chi connectivity index (χ3n) is 1.48. The van der Waals surface area contributed by atoms with Gasteiger partial charge in [-0.25, -0.2) is 0 Å². The van der Waals surface area contributed by atoms with Crippen molar-refractivity contribution in [1.82, 2.24) is 0 Å². The second kappa shape index (κ2) is 6.33. The van der Waals surface area contributed by atoms with Gasteiger partial charge in [-0.05, 0) is 13.8 Å². The third-order valence-corrected chi connectivity index (χ3v) is 1.48. The van der Waals surface area contributed by atoms with E-state index >= 15 is 0 Å². The molecule has 0 heterocycles. The lowest BCUT2D eigenvalue weighted by molar-refractivity contribution is -0.131. The van der Waals surface area contributed by atoms with E-state index in [0.29, 0.717) is 13.2 Å². The Labute approximate surface area is 90.0 Å². The monoisotopic (exact) mass is 222 g/mol. The van der Waals surface area contributed by atoms with Crippen molar-refractivity contribution in [3.05, 3.63) is 0 Å². The van der Waals surface area contributed by atoms with Crippen molar-refractivity contribution in [2.75, 3.05) is 26.4 Å². The van der Waals surface area contributed by atoms with Crippen LogP contribution in [0.3, 0.4) is 0 Å². The molecule has 0 spiro atoms. The molecule has 0 unspecified atom stereocenters. The topological polar surface area (TPSA) is 132 Å². The molecular weight excluding hydrogens is 200 g/mol. The maximum atomic E-state index is 5.54. The van der Waals surface area contributed by atoms with Gasteiger partial charge in [0.1, 0.15) is 13.2 Å². The summed E-state index contributed by atoms with van der Waals surface area (Å²) < 4.78 is 15.1. The van der Waals surface area contributed by atoms with Crippen molar-refractivity contribution in [2.24, 2.45) is 22.9 Å². The molecule has 7 nitrogen and oxygen atoms in total. The average molecular weight is 222 g/mol. The molecule has 7 heteroatoms. The van der Waals surface area contributed by atoms with Gasteiger partial charge in [-0.2, -0.15) is 0 Å². The van der Waals surface area contributed by atoms with E-state index < -0.39 is 11.7 Å². The highest BCUT2D eigenvalue weighted by Crippen LogP contribution is 1.99. The maximum Gasteiger partial charge on any atom is 0.193 e. The largest absolute Gasteiger partial charge is 0.370 e. The first-order valence-corrected chi connectivity index (χ1v) is 4.84. The third kappa shape index (κ3) is 7.63. The van der Waals surface area contributed by atoms with Gasteiger partial charge in [-0.1, -0.05) is 0 Å². The SMILES string of the molecule is CCOC(N)(N)COCC(N)(N)OCC. The lowest BCUT2D eigenvalue weighted by Gasteiger charge is -2.28. The molecule has 15 heavy (non-hydrogen) atoms. The molecule has 0 aromatic heterocycles. The summed E-state index contributed by atoms with van der Waals surface area (Å²) in [5, 5.41) is 0. The van der Waals surface area contributed by atoms with Gasteiger partial charge >= 0.3 is 0 Å². The first-order valence-electron chi connectivity index (χ1n) is 4.84. The van der Waals surface area contributed by atoms with Crippen molar-refractivity contribution < 1.29 is 14.2 Å². The van der Waals surface area contributed by atoms with E-state index in [9.17, 15) is 0 Å². The minimum atomic E-state index is -1.32. The number of ether oxygens (including phenoxy) is 3. The van der Waals surface area contributed by atoms with Crippen LogP contribution in [0.4, 0.5) is 0 Å². The highest BCUT2D eigenvalue weighted by Gasteiger charge is 2.24. The molecule has 0 aliphatic rings. The molecule has 0 amide bonds. The molecule has 0 saturated carbocycles. The highest BCUT2D eigenvalue weighted by molar-refractivity contribution is 4.67. The van der Waals surface area contributed by atoms with E-state index in [4.69, 9.17) is 37.1 Å². The van der Waals surface area contributed by atoms with Crippen LogP contribution in [0.15, 0.2) is 0 Å². The van der Waals surface area contributed by atoms with E-state index in [0.717, 1.165) is 0 Å². The van der Waals surface area contributed by atoms with Crippen LogP contribution >= 0.6 is 0 Å². The van der Waals surface area contributed by atoms with Gasteiger partial charge in [-0.15, -0.1) is 0 Å². The van der Waals surface area contributed by atoms with Crippen LogP contribution in [0.1, 0.15) is 13.8 Å². The average Bonchev–Trinajstić information content (AvgIpc) is 2.02. The van der Waals surface area contributed by atoms with Crippen LogP contribution in [0, 0.1) is 0 Å². The number of hydrogen-bond donors (Lipinski definition) is 4. The zero-order chi connectivity index (χ0) is 11.9. The van der Waals surface area contributed by atoms with E-state index in [1.165, 1.54) is 0 Å². The standard InChI is InChI=1S/C8H22N4O3/c1-3-14-7(9,10)5-13-6-8(11,12)15-4-2/h3-6,9-12H2,1-2H3. The van der Waals surface area contributed by atoms with E-state index in [-0.39, 0.29) is 13.2 Å². The van der Waals surface area contributed by atoms with Crippen LogP contribution in [-0.4, -0.2) is 38.1 Å². The summed E-state index contributed by atoms with van der Waals surface area (Å²) >= 11 is 0. The normalized spacial score (nSPS) is 13.2. The summed E-state index contributed by atoms with van der Waals surface area (Å²) in [5.74, 6) is -2.64. The Morgan fingerprint density at radius 1 is 0.800 bits per heavy atom. The Morgan fingerprint density at radius 3 is 1.40 bits per heavy atom. The molecule has 0 aliphatic heterocycles. The van der Waals surface area contributed by atoms with Crippen molar-refractivity contribution in [2.45, 2.75) is 25.5 Å². The Morgan fingerprint density at radius 2 is 1.13 bits per heavy atom. The molecule has 0 atom stereocenters. The number of rotatable bonds is 8. The molecule has 0 aromatic rings. The molecule has 0 aliphatic carbocycles. The fourth-order valence-corrected chi connectivity index (χ4v) is 0.991.